The van der Waals surface area contributed by atoms with Gasteiger partial charge in [0, 0.05) is 50.0 Å². The standard InChI is InChI=1S/C61H38FN3/c62-39-15-14-18-41(35-39)65-58-28-13-8-23-50(58)52-34-31-44(38-60(52)65)63(43-30-33-51-49-22-7-12-27-57(49)64(59(51)37-43)40-16-2-1-3-17-40)42-29-32-48-47-21-6-11-26-55(47)61(56(48)36-42)53-24-9-4-19-45(53)46-20-5-10-25-54(46)61/h1-38H. The lowest BCUT2D eigenvalue weighted by atomic mass is 9.70. The van der Waals surface area contributed by atoms with Gasteiger partial charge in [-0.05, 0) is 123 Å². The Labute approximate surface area is 375 Å². The maximum atomic E-state index is 15.1. The van der Waals surface area contributed by atoms with Crippen molar-refractivity contribution in [2.75, 3.05) is 4.90 Å². The van der Waals surface area contributed by atoms with Gasteiger partial charge in [0.1, 0.15) is 5.82 Å². The van der Waals surface area contributed by atoms with Gasteiger partial charge in [-0.3, -0.25) is 0 Å². The smallest absolute Gasteiger partial charge is 0.125 e. The first-order valence-electron chi connectivity index (χ1n) is 22.3. The molecule has 2 aromatic heterocycles. The van der Waals surface area contributed by atoms with Crippen molar-refractivity contribution < 1.29 is 4.39 Å². The molecule has 304 valence electrons. The molecule has 0 amide bonds. The summed E-state index contributed by atoms with van der Waals surface area (Å²) >= 11 is 0. The van der Waals surface area contributed by atoms with Gasteiger partial charge in [-0.15, -0.1) is 0 Å². The number of benzene rings is 10. The Kier molecular flexibility index (Phi) is 7.50. The molecule has 10 aromatic carbocycles. The topological polar surface area (TPSA) is 13.1 Å². The molecule has 3 nitrogen and oxygen atoms in total. The van der Waals surface area contributed by atoms with E-state index in [4.69, 9.17) is 0 Å². The second kappa shape index (κ2) is 13.5. The van der Waals surface area contributed by atoms with Crippen LogP contribution in [0.2, 0.25) is 0 Å². The highest BCUT2D eigenvalue weighted by Crippen LogP contribution is 2.63. The molecule has 14 rings (SSSR count). The molecule has 2 heterocycles. The number of rotatable bonds is 5. The van der Waals surface area contributed by atoms with E-state index in [-0.39, 0.29) is 5.82 Å². The number of hydrogen-bond donors (Lipinski definition) is 0. The van der Waals surface area contributed by atoms with Crippen molar-refractivity contribution in [3.63, 3.8) is 0 Å². The normalized spacial score (nSPS) is 13.1. The minimum Gasteiger partial charge on any atom is -0.310 e. The summed E-state index contributed by atoms with van der Waals surface area (Å²) in [6, 6.07) is 82.4. The SMILES string of the molecule is Fc1cccc(-n2c3ccccc3c3ccc(N(c4ccc5c(c4)C4(c6ccccc6-c6ccccc64)c4ccccc4-5)c4ccc5c6ccccc6n(-c6ccccc6)c5c4)cc32)c1. The third-order valence-corrected chi connectivity index (χ3v) is 14.2. The largest absolute Gasteiger partial charge is 0.310 e. The van der Waals surface area contributed by atoms with Crippen LogP contribution in [0.3, 0.4) is 0 Å². The molecule has 4 heteroatoms. The Morgan fingerprint density at radius 1 is 0.308 bits per heavy atom. The fourth-order valence-corrected chi connectivity index (χ4v) is 11.6. The molecule has 0 fully saturated rings. The summed E-state index contributed by atoms with van der Waals surface area (Å²) in [6.07, 6.45) is 0. The first-order chi connectivity index (χ1) is 32.2. The zero-order valence-corrected chi connectivity index (χ0v) is 35.2. The van der Waals surface area contributed by atoms with E-state index in [2.05, 4.69) is 220 Å². The first-order valence-corrected chi connectivity index (χ1v) is 22.3. The number of hydrogen-bond acceptors (Lipinski definition) is 1. The lowest BCUT2D eigenvalue weighted by Crippen LogP contribution is -2.26. The Morgan fingerprint density at radius 3 is 1.31 bits per heavy atom. The van der Waals surface area contributed by atoms with Crippen LogP contribution < -0.4 is 4.90 Å². The Balaban J connectivity index is 1.07. The number of anilines is 3. The van der Waals surface area contributed by atoms with Gasteiger partial charge in [-0.1, -0.05) is 152 Å². The maximum Gasteiger partial charge on any atom is 0.125 e. The Morgan fingerprint density at radius 2 is 0.738 bits per heavy atom. The van der Waals surface area contributed by atoms with Gasteiger partial charge >= 0.3 is 0 Å². The van der Waals surface area contributed by atoms with Crippen molar-refractivity contribution in [2.45, 2.75) is 5.41 Å². The van der Waals surface area contributed by atoms with Gasteiger partial charge in [0.25, 0.3) is 0 Å². The number of aromatic nitrogens is 2. The second-order valence-electron chi connectivity index (χ2n) is 17.4. The predicted octanol–water partition coefficient (Wildman–Crippen LogP) is 15.8. The van der Waals surface area contributed by atoms with Crippen molar-refractivity contribution in [1.29, 1.82) is 0 Å². The van der Waals surface area contributed by atoms with Crippen LogP contribution >= 0.6 is 0 Å². The average molecular weight is 832 g/mol. The monoisotopic (exact) mass is 831 g/mol. The van der Waals surface area contributed by atoms with Gasteiger partial charge in [0.05, 0.1) is 27.5 Å². The fraction of sp³-hybridized carbons (Fsp3) is 0.0164. The maximum absolute atomic E-state index is 15.1. The highest BCUT2D eigenvalue weighted by molar-refractivity contribution is 6.12. The summed E-state index contributed by atoms with van der Waals surface area (Å²) in [5.74, 6) is -0.267. The lowest BCUT2D eigenvalue weighted by Gasteiger charge is -2.32. The van der Waals surface area contributed by atoms with Gasteiger partial charge in [0.15, 0.2) is 0 Å². The van der Waals surface area contributed by atoms with Crippen molar-refractivity contribution in [1.82, 2.24) is 9.13 Å². The van der Waals surface area contributed by atoms with Crippen LogP contribution in [-0.2, 0) is 5.41 Å². The summed E-state index contributed by atoms with van der Waals surface area (Å²) in [6.45, 7) is 0. The molecule has 0 radical (unpaired) electrons. The summed E-state index contributed by atoms with van der Waals surface area (Å²) < 4.78 is 19.7. The second-order valence-corrected chi connectivity index (χ2v) is 17.4. The average Bonchev–Trinajstić information content (AvgIpc) is 4.06. The van der Waals surface area contributed by atoms with E-state index >= 15 is 4.39 Å². The predicted molar refractivity (Wildman–Crippen MR) is 266 cm³/mol. The van der Waals surface area contributed by atoms with Gasteiger partial charge < -0.3 is 14.0 Å². The number of nitrogens with zero attached hydrogens (tertiary/aromatic N) is 3. The van der Waals surface area contributed by atoms with Gasteiger partial charge in [-0.25, -0.2) is 4.39 Å². The van der Waals surface area contributed by atoms with E-state index in [0.29, 0.717) is 0 Å². The fourth-order valence-electron chi connectivity index (χ4n) is 11.6. The van der Waals surface area contributed by atoms with Gasteiger partial charge in [0.2, 0.25) is 0 Å². The first kappa shape index (κ1) is 36.1. The summed E-state index contributed by atoms with van der Waals surface area (Å²) in [7, 11) is 0. The van der Waals surface area contributed by atoms with E-state index in [0.717, 1.165) is 61.3 Å². The summed E-state index contributed by atoms with van der Waals surface area (Å²) in [5.41, 5.74) is 19.1. The minimum atomic E-state index is -0.502. The van der Waals surface area contributed by atoms with Gasteiger partial charge in [-0.2, -0.15) is 0 Å². The van der Waals surface area contributed by atoms with Crippen molar-refractivity contribution in [3.8, 4) is 33.6 Å². The van der Waals surface area contributed by atoms with E-state index in [1.54, 1.807) is 12.1 Å². The quantitative estimate of drug-likeness (QED) is 0.168. The third kappa shape index (κ3) is 4.94. The molecular weight excluding hydrogens is 794 g/mol. The van der Waals surface area contributed by atoms with Crippen LogP contribution in [0.5, 0.6) is 0 Å². The number of para-hydroxylation sites is 3. The summed E-state index contributed by atoms with van der Waals surface area (Å²) in [4.78, 5) is 2.42. The Bertz CT molecular complexity index is 3870. The molecule has 1 spiro atoms. The van der Waals surface area contributed by atoms with E-state index in [9.17, 15) is 0 Å². The molecule has 0 bridgehead atoms. The van der Waals surface area contributed by atoms with Crippen LogP contribution in [-0.4, -0.2) is 9.13 Å². The van der Waals surface area contributed by atoms with Crippen LogP contribution in [0.25, 0.3) is 77.2 Å². The van der Waals surface area contributed by atoms with Crippen molar-refractivity contribution >= 4 is 60.7 Å². The number of fused-ring (bicyclic) bond motifs is 16. The van der Waals surface area contributed by atoms with Crippen molar-refractivity contribution in [2.24, 2.45) is 0 Å². The summed E-state index contributed by atoms with van der Waals surface area (Å²) in [5, 5.41) is 4.63. The van der Waals surface area contributed by atoms with E-state index in [1.165, 1.54) is 61.3 Å². The molecule has 0 saturated heterocycles. The number of halogens is 1. The molecule has 0 atom stereocenters. The molecule has 0 N–H and O–H groups in total. The molecule has 12 aromatic rings. The van der Waals surface area contributed by atoms with E-state index in [1.807, 2.05) is 6.07 Å². The van der Waals surface area contributed by atoms with E-state index < -0.39 is 5.41 Å². The molecule has 2 aliphatic carbocycles. The van der Waals surface area contributed by atoms with Crippen LogP contribution in [0.15, 0.2) is 231 Å². The lowest BCUT2D eigenvalue weighted by molar-refractivity contribution is 0.627. The molecule has 65 heavy (non-hydrogen) atoms. The van der Waals surface area contributed by atoms with Crippen LogP contribution in [0.1, 0.15) is 22.3 Å². The molecule has 0 aliphatic heterocycles. The molecule has 0 unspecified atom stereocenters. The van der Waals surface area contributed by atoms with Crippen molar-refractivity contribution in [3.05, 3.63) is 259 Å². The third-order valence-electron chi connectivity index (χ3n) is 14.2. The highest BCUT2D eigenvalue weighted by Gasteiger charge is 2.51. The van der Waals surface area contributed by atoms with Crippen LogP contribution in [0.4, 0.5) is 21.5 Å². The zero-order valence-electron chi connectivity index (χ0n) is 35.2. The molecule has 0 saturated carbocycles. The minimum absolute atomic E-state index is 0.267. The zero-order chi connectivity index (χ0) is 42.8. The molecule has 2 aliphatic rings. The van der Waals surface area contributed by atoms with Crippen LogP contribution in [0, 0.1) is 5.82 Å². The highest BCUT2D eigenvalue weighted by atomic mass is 19.1. The molecular formula is C61H38FN3. The Hall–Kier alpha value is -8.47.